The molecule has 19 heavy (non-hydrogen) atoms. The molecule has 1 aromatic carbocycles. The van der Waals surface area contributed by atoms with Gasteiger partial charge >= 0.3 is 5.97 Å². The van der Waals surface area contributed by atoms with E-state index in [1.165, 1.54) is 11.3 Å². The molecular weight excluding hydrogens is 260 g/mol. The molecule has 2 heterocycles. The summed E-state index contributed by atoms with van der Waals surface area (Å²) in [6.45, 7) is 2.45. The van der Waals surface area contributed by atoms with Crippen LogP contribution in [0.15, 0.2) is 36.7 Å². The van der Waals surface area contributed by atoms with Crippen molar-refractivity contribution in [2.24, 2.45) is 0 Å². The number of fused-ring (bicyclic) bond motifs is 1. The van der Waals surface area contributed by atoms with E-state index >= 15 is 0 Å². The second kappa shape index (κ2) is 4.51. The van der Waals surface area contributed by atoms with Crippen molar-refractivity contribution < 1.29 is 9.90 Å². The number of hydrogen-bond acceptors (Lipinski definition) is 3. The molecule has 0 unspecified atom stereocenters. The summed E-state index contributed by atoms with van der Waals surface area (Å²) in [6.07, 6.45) is 3.69. The van der Waals surface area contributed by atoms with Gasteiger partial charge in [0.25, 0.3) is 0 Å². The number of benzene rings is 1. The van der Waals surface area contributed by atoms with Crippen molar-refractivity contribution in [3.63, 3.8) is 0 Å². The van der Waals surface area contributed by atoms with E-state index in [4.69, 9.17) is 0 Å². The number of nitrogens with zero attached hydrogens (tertiary/aromatic N) is 2. The molecule has 0 saturated heterocycles. The average molecular weight is 272 g/mol. The van der Waals surface area contributed by atoms with Crippen molar-refractivity contribution in [2.45, 2.75) is 13.5 Å². The van der Waals surface area contributed by atoms with Gasteiger partial charge in [0.1, 0.15) is 4.88 Å². The van der Waals surface area contributed by atoms with Crippen LogP contribution in [0.5, 0.6) is 0 Å². The third-order valence-corrected chi connectivity index (χ3v) is 4.18. The first-order valence-corrected chi connectivity index (χ1v) is 6.69. The summed E-state index contributed by atoms with van der Waals surface area (Å²) in [5.41, 5.74) is 1.90. The molecule has 0 fully saturated rings. The van der Waals surface area contributed by atoms with Crippen molar-refractivity contribution in [2.75, 3.05) is 0 Å². The Balaban J connectivity index is 2.14. The van der Waals surface area contributed by atoms with Gasteiger partial charge in [-0.3, -0.25) is 4.68 Å². The number of aromatic carboxylic acids is 1. The third-order valence-electron chi connectivity index (χ3n) is 2.97. The summed E-state index contributed by atoms with van der Waals surface area (Å²) in [5, 5.41) is 14.6. The van der Waals surface area contributed by atoms with Gasteiger partial charge in [-0.15, -0.1) is 11.3 Å². The largest absolute Gasteiger partial charge is 0.477 e. The molecule has 5 heteroatoms. The van der Waals surface area contributed by atoms with Gasteiger partial charge in [-0.1, -0.05) is 18.2 Å². The molecule has 3 aromatic rings. The van der Waals surface area contributed by atoms with E-state index in [-0.39, 0.29) is 0 Å². The highest BCUT2D eigenvalue weighted by molar-refractivity contribution is 7.21. The standard InChI is InChI=1S/C14H12N2O2S/c1-9-6-15-16(7-9)8-11-10-4-2-3-5-12(10)19-13(11)14(17)18/h2-7H,8H2,1H3,(H,17,18). The molecule has 4 nitrogen and oxygen atoms in total. The maximum atomic E-state index is 11.4. The van der Waals surface area contributed by atoms with Crippen LogP contribution in [0.1, 0.15) is 20.8 Å². The zero-order valence-electron chi connectivity index (χ0n) is 10.3. The van der Waals surface area contributed by atoms with Crippen molar-refractivity contribution in [3.8, 4) is 0 Å². The molecule has 2 aromatic heterocycles. The minimum absolute atomic E-state index is 0.398. The lowest BCUT2D eigenvalue weighted by atomic mass is 10.1. The van der Waals surface area contributed by atoms with Crippen LogP contribution in [0, 0.1) is 6.92 Å². The fraction of sp³-hybridized carbons (Fsp3) is 0.143. The van der Waals surface area contributed by atoms with E-state index in [1.807, 2.05) is 37.4 Å². The maximum Gasteiger partial charge on any atom is 0.346 e. The summed E-state index contributed by atoms with van der Waals surface area (Å²) < 4.78 is 2.77. The van der Waals surface area contributed by atoms with Gasteiger partial charge in [-0.25, -0.2) is 4.79 Å². The molecule has 0 spiro atoms. The lowest BCUT2D eigenvalue weighted by Crippen LogP contribution is -2.04. The molecule has 0 bridgehead atoms. The molecule has 0 amide bonds. The summed E-state index contributed by atoms with van der Waals surface area (Å²) in [6, 6.07) is 7.76. The maximum absolute atomic E-state index is 11.4. The number of thiophene rings is 1. The Labute approximate surface area is 113 Å². The van der Waals surface area contributed by atoms with Crippen molar-refractivity contribution in [1.82, 2.24) is 9.78 Å². The first-order valence-electron chi connectivity index (χ1n) is 5.88. The third kappa shape index (κ3) is 2.13. The number of aryl methyl sites for hydroxylation is 1. The SMILES string of the molecule is Cc1cnn(Cc2c(C(=O)O)sc3ccccc23)c1. The minimum Gasteiger partial charge on any atom is -0.477 e. The molecule has 1 N–H and O–H groups in total. The number of rotatable bonds is 3. The van der Waals surface area contributed by atoms with Crippen molar-refractivity contribution in [3.05, 3.63) is 52.7 Å². The predicted molar refractivity (Wildman–Crippen MR) is 74.9 cm³/mol. The van der Waals surface area contributed by atoms with E-state index in [0.717, 1.165) is 21.2 Å². The normalized spacial score (nSPS) is 11.0. The second-order valence-electron chi connectivity index (χ2n) is 4.43. The zero-order chi connectivity index (χ0) is 13.4. The molecule has 0 aliphatic rings. The lowest BCUT2D eigenvalue weighted by Gasteiger charge is -2.02. The van der Waals surface area contributed by atoms with E-state index in [0.29, 0.717) is 11.4 Å². The molecule has 0 radical (unpaired) electrons. The van der Waals surface area contributed by atoms with Gasteiger partial charge in [0.2, 0.25) is 0 Å². The molecule has 3 rings (SSSR count). The Morgan fingerprint density at radius 3 is 2.89 bits per heavy atom. The van der Waals surface area contributed by atoms with Crippen LogP contribution in [-0.4, -0.2) is 20.9 Å². The molecule has 0 aliphatic carbocycles. The Bertz CT molecular complexity index is 758. The summed E-state index contributed by atoms with van der Waals surface area (Å²) in [4.78, 5) is 11.8. The average Bonchev–Trinajstić information content (AvgIpc) is 2.95. The van der Waals surface area contributed by atoms with Crippen molar-refractivity contribution >= 4 is 27.4 Å². The molecule has 0 atom stereocenters. The Hall–Kier alpha value is -2.14. The topological polar surface area (TPSA) is 55.1 Å². The summed E-state index contributed by atoms with van der Waals surface area (Å²) >= 11 is 1.32. The van der Waals surface area contributed by atoms with Gasteiger partial charge in [0.05, 0.1) is 12.7 Å². The Morgan fingerprint density at radius 2 is 2.21 bits per heavy atom. The van der Waals surface area contributed by atoms with E-state index in [1.54, 1.807) is 10.9 Å². The van der Waals surface area contributed by atoms with Gasteiger partial charge in [-0.05, 0) is 23.9 Å². The fourth-order valence-corrected chi connectivity index (χ4v) is 3.20. The number of aromatic nitrogens is 2. The van der Waals surface area contributed by atoms with Gasteiger partial charge in [-0.2, -0.15) is 5.10 Å². The monoisotopic (exact) mass is 272 g/mol. The summed E-state index contributed by atoms with van der Waals surface area (Å²) in [7, 11) is 0. The van der Waals surface area contributed by atoms with E-state index < -0.39 is 5.97 Å². The first kappa shape index (κ1) is 11.9. The number of carbonyl (C=O) groups is 1. The van der Waals surface area contributed by atoms with Crippen LogP contribution in [0.4, 0.5) is 0 Å². The smallest absolute Gasteiger partial charge is 0.346 e. The summed E-state index contributed by atoms with van der Waals surface area (Å²) in [5.74, 6) is -0.875. The van der Waals surface area contributed by atoms with Crippen LogP contribution in [0.25, 0.3) is 10.1 Å². The molecule has 0 aliphatic heterocycles. The molecular formula is C14H12N2O2S. The Morgan fingerprint density at radius 1 is 1.42 bits per heavy atom. The lowest BCUT2D eigenvalue weighted by molar-refractivity contribution is 0.0701. The minimum atomic E-state index is -0.875. The van der Waals surface area contributed by atoms with E-state index in [9.17, 15) is 9.90 Å². The number of carboxylic acids is 1. The van der Waals surface area contributed by atoms with Crippen LogP contribution in [-0.2, 0) is 6.54 Å². The van der Waals surface area contributed by atoms with Crippen LogP contribution < -0.4 is 0 Å². The zero-order valence-corrected chi connectivity index (χ0v) is 11.1. The molecule has 96 valence electrons. The highest BCUT2D eigenvalue weighted by atomic mass is 32.1. The Kier molecular flexibility index (Phi) is 2.83. The van der Waals surface area contributed by atoms with Gasteiger partial charge < -0.3 is 5.11 Å². The van der Waals surface area contributed by atoms with Crippen LogP contribution in [0.2, 0.25) is 0 Å². The fourth-order valence-electron chi connectivity index (χ4n) is 2.14. The second-order valence-corrected chi connectivity index (χ2v) is 5.48. The van der Waals surface area contributed by atoms with Gasteiger partial charge in [0.15, 0.2) is 0 Å². The highest BCUT2D eigenvalue weighted by Gasteiger charge is 2.17. The van der Waals surface area contributed by atoms with Crippen molar-refractivity contribution in [1.29, 1.82) is 0 Å². The highest BCUT2D eigenvalue weighted by Crippen LogP contribution is 2.31. The number of hydrogen-bond donors (Lipinski definition) is 1. The number of carboxylic acid groups (broad SMARTS) is 1. The first-order chi connectivity index (χ1) is 9.15. The van der Waals surface area contributed by atoms with Crippen LogP contribution >= 0.6 is 11.3 Å². The molecule has 0 saturated carbocycles. The van der Waals surface area contributed by atoms with Crippen LogP contribution in [0.3, 0.4) is 0 Å². The predicted octanol–water partition coefficient (Wildman–Crippen LogP) is 3.15. The van der Waals surface area contributed by atoms with E-state index in [2.05, 4.69) is 5.10 Å². The van der Waals surface area contributed by atoms with Gasteiger partial charge in [0, 0.05) is 16.5 Å². The quantitative estimate of drug-likeness (QED) is 0.796.